The number of rotatable bonds is 3. The van der Waals surface area contributed by atoms with E-state index >= 15 is 0 Å². The van der Waals surface area contributed by atoms with Gasteiger partial charge in [-0.25, -0.2) is 4.79 Å². The number of aromatic hydroxyl groups is 1. The lowest BCUT2D eigenvalue weighted by Gasteiger charge is -2.13. The molecule has 8 heteroatoms. The summed E-state index contributed by atoms with van der Waals surface area (Å²) in [5.74, 6) is -0.524. The van der Waals surface area contributed by atoms with Crippen LogP contribution in [0.4, 0.5) is 0 Å². The summed E-state index contributed by atoms with van der Waals surface area (Å²) in [6.07, 6.45) is 0. The Labute approximate surface area is 158 Å². The van der Waals surface area contributed by atoms with Crippen LogP contribution >= 0.6 is 23.2 Å². The quantitative estimate of drug-likeness (QED) is 0.676. The number of halogens is 2. The summed E-state index contributed by atoms with van der Waals surface area (Å²) in [6.45, 7) is 0. The van der Waals surface area contributed by atoms with E-state index in [0.29, 0.717) is 32.4 Å². The van der Waals surface area contributed by atoms with Gasteiger partial charge in [-0.05, 0) is 30.3 Å². The number of aryl methyl sites for hydroxylation is 1. The van der Waals surface area contributed by atoms with Crippen molar-refractivity contribution in [3.05, 3.63) is 62.4 Å². The average Bonchev–Trinajstić information content (AvgIpc) is 2.58. The normalized spacial score (nSPS) is 10.8. The molecule has 3 rings (SSSR count). The van der Waals surface area contributed by atoms with Crippen LogP contribution in [0.1, 0.15) is 10.4 Å². The fourth-order valence-electron chi connectivity index (χ4n) is 2.58. The molecule has 0 saturated heterocycles. The van der Waals surface area contributed by atoms with Gasteiger partial charge in [0.05, 0.1) is 12.6 Å². The molecule has 26 heavy (non-hydrogen) atoms. The lowest BCUT2D eigenvalue weighted by atomic mass is 10.1. The highest BCUT2D eigenvalue weighted by Crippen LogP contribution is 2.32. The van der Waals surface area contributed by atoms with Crippen LogP contribution in [0.25, 0.3) is 10.9 Å². The summed E-state index contributed by atoms with van der Waals surface area (Å²) in [4.78, 5) is 24.2. The summed E-state index contributed by atoms with van der Waals surface area (Å²) in [7, 11) is 2.62. The molecule has 1 heterocycles. The lowest BCUT2D eigenvalue weighted by Crippen LogP contribution is -2.25. The number of benzene rings is 2. The topological polar surface area (TPSA) is 77.8 Å². The number of ether oxygens (including phenoxy) is 2. The number of carbonyl (C=O) groups excluding carboxylic acids is 1. The van der Waals surface area contributed by atoms with Crippen molar-refractivity contribution in [1.29, 1.82) is 0 Å². The van der Waals surface area contributed by atoms with Crippen LogP contribution < -0.4 is 10.3 Å². The van der Waals surface area contributed by atoms with Crippen molar-refractivity contribution in [3.8, 4) is 17.2 Å². The lowest BCUT2D eigenvalue weighted by molar-refractivity contribution is 0.0595. The first-order valence-corrected chi connectivity index (χ1v) is 8.15. The Balaban J connectivity index is 2.13. The maximum atomic E-state index is 12.4. The van der Waals surface area contributed by atoms with Crippen LogP contribution in [-0.2, 0) is 11.8 Å². The first-order chi connectivity index (χ1) is 12.3. The highest BCUT2D eigenvalue weighted by molar-refractivity contribution is 6.34. The van der Waals surface area contributed by atoms with E-state index in [0.717, 1.165) is 7.11 Å². The molecule has 0 fully saturated rings. The molecule has 134 valence electrons. The first kappa shape index (κ1) is 18.1. The first-order valence-electron chi connectivity index (χ1n) is 7.39. The van der Waals surface area contributed by atoms with Gasteiger partial charge in [0, 0.05) is 28.5 Å². The van der Waals surface area contributed by atoms with Crippen molar-refractivity contribution in [3.63, 3.8) is 0 Å². The van der Waals surface area contributed by atoms with E-state index in [1.807, 2.05) is 0 Å². The number of esters is 1. The Morgan fingerprint density at radius 2 is 1.73 bits per heavy atom. The van der Waals surface area contributed by atoms with E-state index in [2.05, 4.69) is 4.74 Å². The smallest absolute Gasteiger partial charge is 0.347 e. The van der Waals surface area contributed by atoms with Crippen LogP contribution in [0.15, 0.2) is 41.2 Å². The van der Waals surface area contributed by atoms with E-state index in [9.17, 15) is 14.7 Å². The molecular formula is C18H13Cl2NO5. The number of carbonyl (C=O) groups is 1. The third-order valence-electron chi connectivity index (χ3n) is 3.80. The Kier molecular flexibility index (Phi) is 4.80. The van der Waals surface area contributed by atoms with Crippen LogP contribution in [0.3, 0.4) is 0 Å². The number of fused-ring (bicyclic) bond motifs is 1. The molecule has 0 aliphatic rings. The van der Waals surface area contributed by atoms with E-state index in [1.54, 1.807) is 30.3 Å². The summed E-state index contributed by atoms with van der Waals surface area (Å²) in [5, 5.41) is 11.5. The molecule has 0 aliphatic carbocycles. The molecule has 0 aliphatic heterocycles. The zero-order chi connectivity index (χ0) is 19.0. The molecule has 1 aromatic heterocycles. The molecule has 6 nitrogen and oxygen atoms in total. The zero-order valence-electron chi connectivity index (χ0n) is 13.7. The SMILES string of the molecule is COC(=O)c1c(O)c2ccc(Oc3cc(Cl)cc(Cl)c3)cc2n(C)c1=O. The largest absolute Gasteiger partial charge is 0.506 e. The number of hydrogen-bond acceptors (Lipinski definition) is 5. The molecule has 0 spiro atoms. The minimum absolute atomic E-state index is 0.309. The second-order valence-corrected chi connectivity index (χ2v) is 6.34. The molecule has 1 N–H and O–H groups in total. The molecule has 0 unspecified atom stereocenters. The summed E-state index contributed by atoms with van der Waals surface area (Å²) in [5.41, 5.74) is -0.714. The maximum absolute atomic E-state index is 12.4. The van der Waals surface area contributed by atoms with Crippen molar-refractivity contribution in [2.75, 3.05) is 7.11 Å². The second kappa shape index (κ2) is 6.90. The van der Waals surface area contributed by atoms with Gasteiger partial charge in [0.1, 0.15) is 17.2 Å². The van der Waals surface area contributed by atoms with Crippen LogP contribution in [0, 0.1) is 0 Å². The van der Waals surface area contributed by atoms with Gasteiger partial charge in [0.25, 0.3) is 5.56 Å². The van der Waals surface area contributed by atoms with Gasteiger partial charge in [-0.3, -0.25) is 4.79 Å². The predicted octanol–water partition coefficient (Wildman–Crippen LogP) is 4.13. The highest BCUT2D eigenvalue weighted by Gasteiger charge is 2.22. The van der Waals surface area contributed by atoms with Crippen molar-refractivity contribution in [1.82, 2.24) is 4.57 Å². The molecule has 0 atom stereocenters. The summed E-state index contributed by atoms with van der Waals surface area (Å²) < 4.78 is 11.5. The van der Waals surface area contributed by atoms with Gasteiger partial charge in [-0.15, -0.1) is 0 Å². The molecule has 0 amide bonds. The zero-order valence-corrected chi connectivity index (χ0v) is 15.3. The van der Waals surface area contributed by atoms with Gasteiger partial charge >= 0.3 is 5.97 Å². The Morgan fingerprint density at radius 1 is 1.08 bits per heavy atom. The van der Waals surface area contributed by atoms with Crippen LogP contribution in [0.2, 0.25) is 10.0 Å². The Morgan fingerprint density at radius 3 is 2.35 bits per heavy atom. The number of methoxy groups -OCH3 is 1. The molecule has 3 aromatic rings. The second-order valence-electron chi connectivity index (χ2n) is 5.47. The minimum Gasteiger partial charge on any atom is -0.506 e. The van der Waals surface area contributed by atoms with Crippen LogP contribution in [0.5, 0.6) is 17.2 Å². The Hall–Kier alpha value is -2.70. The monoisotopic (exact) mass is 393 g/mol. The van der Waals surface area contributed by atoms with Crippen molar-refractivity contribution in [2.45, 2.75) is 0 Å². The van der Waals surface area contributed by atoms with Crippen molar-refractivity contribution < 1.29 is 19.4 Å². The Bertz CT molecular complexity index is 1070. The van der Waals surface area contributed by atoms with Crippen molar-refractivity contribution in [2.24, 2.45) is 7.05 Å². The molecule has 0 radical (unpaired) electrons. The number of pyridine rings is 1. The fourth-order valence-corrected chi connectivity index (χ4v) is 3.08. The molecule has 2 aromatic carbocycles. The predicted molar refractivity (Wildman–Crippen MR) is 98.7 cm³/mol. The maximum Gasteiger partial charge on any atom is 0.347 e. The van der Waals surface area contributed by atoms with Crippen molar-refractivity contribution >= 4 is 40.1 Å². The molecule has 0 saturated carbocycles. The third-order valence-corrected chi connectivity index (χ3v) is 4.24. The van der Waals surface area contributed by atoms with Gasteiger partial charge in [-0.1, -0.05) is 23.2 Å². The van der Waals surface area contributed by atoms with E-state index in [-0.39, 0.29) is 0 Å². The number of nitrogens with zero attached hydrogens (tertiary/aromatic N) is 1. The third kappa shape index (κ3) is 3.21. The minimum atomic E-state index is -0.904. The van der Waals surface area contributed by atoms with Gasteiger partial charge in [-0.2, -0.15) is 0 Å². The van der Waals surface area contributed by atoms with Gasteiger partial charge in [0.2, 0.25) is 0 Å². The fraction of sp³-hybridized carbons (Fsp3) is 0.111. The van der Waals surface area contributed by atoms with E-state index < -0.39 is 22.8 Å². The standard InChI is InChI=1S/C18H13Cl2NO5/c1-21-14-8-11(26-12-6-9(19)5-10(20)7-12)3-4-13(14)16(22)15(17(21)23)18(24)25-2/h3-8,22H,1-2H3. The molecular weight excluding hydrogens is 381 g/mol. The van der Waals surface area contributed by atoms with Gasteiger partial charge in [0.15, 0.2) is 5.56 Å². The van der Waals surface area contributed by atoms with Gasteiger partial charge < -0.3 is 19.1 Å². The summed E-state index contributed by atoms with van der Waals surface area (Å²) in [6, 6.07) is 9.45. The summed E-state index contributed by atoms with van der Waals surface area (Å²) >= 11 is 11.9. The van der Waals surface area contributed by atoms with Crippen LogP contribution in [-0.4, -0.2) is 22.8 Å². The van der Waals surface area contributed by atoms with E-state index in [4.69, 9.17) is 27.9 Å². The average molecular weight is 394 g/mol. The van der Waals surface area contributed by atoms with E-state index in [1.165, 1.54) is 17.7 Å². The number of hydrogen-bond donors (Lipinski definition) is 1. The number of aromatic nitrogens is 1. The molecule has 0 bridgehead atoms. The highest BCUT2D eigenvalue weighted by atomic mass is 35.5.